The van der Waals surface area contributed by atoms with Crippen LogP contribution in [0.25, 0.3) is 0 Å². The van der Waals surface area contributed by atoms with Gasteiger partial charge in [0, 0.05) is 29.8 Å². The van der Waals surface area contributed by atoms with E-state index in [4.69, 9.17) is 17.3 Å². The quantitative estimate of drug-likeness (QED) is 0.447. The van der Waals surface area contributed by atoms with Gasteiger partial charge in [0.15, 0.2) is 5.03 Å². The Hall–Kier alpha value is -3.17. The van der Waals surface area contributed by atoms with Gasteiger partial charge in [-0.15, -0.1) is 0 Å². The summed E-state index contributed by atoms with van der Waals surface area (Å²) in [4.78, 5) is 23.1. The van der Waals surface area contributed by atoms with Gasteiger partial charge < -0.3 is 16.0 Å². The lowest BCUT2D eigenvalue weighted by molar-refractivity contribution is 0.0997. The molecule has 4 rings (SSSR count). The van der Waals surface area contributed by atoms with Crippen molar-refractivity contribution in [1.29, 1.82) is 0 Å². The van der Waals surface area contributed by atoms with Crippen molar-refractivity contribution in [3.63, 3.8) is 0 Å². The Morgan fingerprint density at radius 1 is 1.19 bits per heavy atom. The highest BCUT2D eigenvalue weighted by atomic mass is 35.5. The summed E-state index contributed by atoms with van der Waals surface area (Å²) in [6.45, 7) is 7.40. The zero-order valence-corrected chi connectivity index (χ0v) is 22.1. The second-order valence-electron chi connectivity index (χ2n) is 9.77. The highest BCUT2D eigenvalue weighted by molar-refractivity contribution is 7.91. The first kappa shape index (κ1) is 25.9. The van der Waals surface area contributed by atoms with E-state index in [0.29, 0.717) is 36.3 Å². The maximum absolute atomic E-state index is 13.7. The summed E-state index contributed by atoms with van der Waals surface area (Å²) in [6.07, 6.45) is 3.00. The minimum atomic E-state index is -4.16. The standard InChI is InChI=1S/C26H30ClN5O3S/c1-17-15-26(2,3)32(16-17)25-23(24(28)33)20(12-14-30-25)36(34,35)22-6-4-5-21(31-22)29-13-11-18-7-9-19(27)10-8-18/h4-10,12,14,17H,11,13,15-16H2,1-3H3,(H2,28,33)(H,29,31). The summed E-state index contributed by atoms with van der Waals surface area (Å²) >= 11 is 5.93. The summed E-state index contributed by atoms with van der Waals surface area (Å²) in [5.41, 5.74) is 6.41. The molecule has 1 aromatic carbocycles. The van der Waals surface area contributed by atoms with Crippen LogP contribution in [0.1, 0.15) is 43.1 Å². The molecule has 10 heteroatoms. The largest absolute Gasteiger partial charge is 0.370 e. The summed E-state index contributed by atoms with van der Waals surface area (Å²) in [6, 6.07) is 13.6. The average molecular weight is 528 g/mol. The number of sulfone groups is 1. The molecule has 0 radical (unpaired) electrons. The van der Waals surface area contributed by atoms with E-state index in [1.54, 1.807) is 12.1 Å². The Balaban J connectivity index is 1.64. The predicted octanol–water partition coefficient (Wildman–Crippen LogP) is 4.34. The maximum Gasteiger partial charge on any atom is 0.253 e. The Morgan fingerprint density at radius 3 is 2.56 bits per heavy atom. The molecule has 190 valence electrons. The first-order valence-electron chi connectivity index (χ1n) is 11.8. The number of rotatable bonds is 8. The third-order valence-corrected chi connectivity index (χ3v) is 8.34. The lowest BCUT2D eigenvalue weighted by Gasteiger charge is -2.33. The number of nitrogens with one attached hydrogen (secondary N) is 1. The van der Waals surface area contributed by atoms with Gasteiger partial charge in [-0.05, 0) is 68.5 Å². The fraction of sp³-hybridized carbons (Fsp3) is 0.346. The van der Waals surface area contributed by atoms with Crippen LogP contribution in [0, 0.1) is 5.92 Å². The van der Waals surface area contributed by atoms with E-state index in [9.17, 15) is 13.2 Å². The van der Waals surface area contributed by atoms with Crippen molar-refractivity contribution in [3.8, 4) is 0 Å². The number of primary amides is 1. The third-order valence-electron chi connectivity index (χ3n) is 6.39. The van der Waals surface area contributed by atoms with Gasteiger partial charge in [0.05, 0.1) is 4.90 Å². The molecule has 3 N–H and O–H groups in total. The highest BCUT2D eigenvalue weighted by Gasteiger charge is 2.40. The molecule has 1 aliphatic rings. The topological polar surface area (TPSA) is 118 Å². The van der Waals surface area contributed by atoms with Gasteiger partial charge in [-0.3, -0.25) is 4.79 Å². The van der Waals surface area contributed by atoms with E-state index in [0.717, 1.165) is 12.0 Å². The number of pyridine rings is 2. The molecule has 0 saturated carbocycles. The van der Waals surface area contributed by atoms with Crippen LogP contribution >= 0.6 is 11.6 Å². The number of hydrogen-bond donors (Lipinski definition) is 2. The molecule has 1 saturated heterocycles. The van der Waals surface area contributed by atoms with Crippen molar-refractivity contribution >= 4 is 39.0 Å². The molecule has 3 heterocycles. The molecule has 36 heavy (non-hydrogen) atoms. The zero-order chi connectivity index (χ0) is 26.1. The summed E-state index contributed by atoms with van der Waals surface area (Å²) in [7, 11) is -4.16. The van der Waals surface area contributed by atoms with Crippen LogP contribution in [-0.4, -0.2) is 42.9 Å². The molecule has 3 aromatic rings. The Labute approximate surface area is 216 Å². The molecule has 0 spiro atoms. The Bertz CT molecular complexity index is 1380. The fourth-order valence-corrected chi connectivity index (χ4v) is 6.34. The second kappa shape index (κ2) is 10.1. The lowest BCUT2D eigenvalue weighted by Crippen LogP contribution is -2.40. The zero-order valence-electron chi connectivity index (χ0n) is 20.5. The van der Waals surface area contributed by atoms with E-state index in [-0.39, 0.29) is 26.8 Å². The molecule has 2 aromatic heterocycles. The van der Waals surface area contributed by atoms with E-state index in [1.165, 1.54) is 18.3 Å². The van der Waals surface area contributed by atoms with Gasteiger partial charge in [-0.25, -0.2) is 18.4 Å². The SMILES string of the molecule is CC1CN(c2nccc(S(=O)(=O)c3cccc(NCCc4ccc(Cl)cc4)n3)c2C(N)=O)C(C)(C)C1. The van der Waals surface area contributed by atoms with E-state index in [1.807, 2.05) is 43.0 Å². The summed E-state index contributed by atoms with van der Waals surface area (Å²) < 4.78 is 27.3. The number of nitrogens with two attached hydrogens (primary N) is 1. The van der Waals surface area contributed by atoms with E-state index >= 15 is 0 Å². The van der Waals surface area contributed by atoms with Crippen LogP contribution in [-0.2, 0) is 16.3 Å². The monoisotopic (exact) mass is 527 g/mol. The molecule has 1 unspecified atom stereocenters. The number of carbonyl (C=O) groups is 1. The van der Waals surface area contributed by atoms with E-state index < -0.39 is 15.7 Å². The predicted molar refractivity (Wildman–Crippen MR) is 141 cm³/mol. The smallest absolute Gasteiger partial charge is 0.253 e. The number of amides is 1. The molecule has 0 aliphatic carbocycles. The molecule has 0 bridgehead atoms. The lowest BCUT2D eigenvalue weighted by atomic mass is 9.97. The summed E-state index contributed by atoms with van der Waals surface area (Å²) in [5, 5.41) is 3.66. The number of nitrogens with zero attached hydrogens (tertiary/aromatic N) is 3. The molecule has 8 nitrogen and oxygen atoms in total. The normalized spacial score (nSPS) is 17.2. The van der Waals surface area contributed by atoms with Gasteiger partial charge in [0.1, 0.15) is 17.2 Å². The third kappa shape index (κ3) is 5.32. The van der Waals surface area contributed by atoms with Gasteiger partial charge in [0.2, 0.25) is 9.84 Å². The molecule has 1 fully saturated rings. The van der Waals surface area contributed by atoms with Crippen molar-refractivity contribution in [2.75, 3.05) is 23.3 Å². The van der Waals surface area contributed by atoms with Gasteiger partial charge >= 0.3 is 0 Å². The average Bonchev–Trinajstić information content (AvgIpc) is 3.11. The number of carbonyl (C=O) groups excluding carboxylic acids is 1. The van der Waals surface area contributed by atoms with Gasteiger partial charge in [0.25, 0.3) is 5.91 Å². The van der Waals surface area contributed by atoms with Gasteiger partial charge in [-0.1, -0.05) is 36.7 Å². The van der Waals surface area contributed by atoms with Crippen LogP contribution in [0.15, 0.2) is 64.6 Å². The molecular formula is C26H30ClN5O3S. The molecule has 1 aliphatic heterocycles. The first-order valence-corrected chi connectivity index (χ1v) is 13.6. The number of benzene rings is 1. The first-order chi connectivity index (χ1) is 17.0. The second-order valence-corrected chi connectivity index (χ2v) is 12.1. The van der Waals surface area contributed by atoms with Gasteiger partial charge in [-0.2, -0.15) is 0 Å². The van der Waals surface area contributed by atoms with Crippen LogP contribution < -0.4 is 16.0 Å². The van der Waals surface area contributed by atoms with Crippen molar-refractivity contribution < 1.29 is 13.2 Å². The number of halogens is 1. The van der Waals surface area contributed by atoms with Crippen molar-refractivity contribution in [3.05, 3.63) is 70.9 Å². The van der Waals surface area contributed by atoms with E-state index in [2.05, 4.69) is 22.2 Å². The van der Waals surface area contributed by atoms with Crippen LogP contribution in [0.2, 0.25) is 5.02 Å². The van der Waals surface area contributed by atoms with Crippen LogP contribution in [0.4, 0.5) is 11.6 Å². The summed E-state index contributed by atoms with van der Waals surface area (Å²) in [5.74, 6) is 0.217. The number of aromatic nitrogens is 2. The minimum Gasteiger partial charge on any atom is -0.370 e. The van der Waals surface area contributed by atoms with Crippen molar-refractivity contribution in [2.45, 2.75) is 49.1 Å². The minimum absolute atomic E-state index is 0.109. The number of hydrogen-bond acceptors (Lipinski definition) is 7. The van der Waals surface area contributed by atoms with Crippen molar-refractivity contribution in [2.24, 2.45) is 11.7 Å². The fourth-order valence-electron chi connectivity index (χ4n) is 4.81. The Kier molecular flexibility index (Phi) is 7.24. The molecule has 1 amide bonds. The Morgan fingerprint density at radius 2 is 1.92 bits per heavy atom. The van der Waals surface area contributed by atoms with Crippen LogP contribution in [0.3, 0.4) is 0 Å². The maximum atomic E-state index is 13.7. The highest BCUT2D eigenvalue weighted by Crippen LogP contribution is 2.39. The van der Waals surface area contributed by atoms with Crippen molar-refractivity contribution in [1.82, 2.24) is 9.97 Å². The van der Waals surface area contributed by atoms with Crippen LogP contribution in [0.5, 0.6) is 0 Å². The number of anilines is 2. The molecule has 1 atom stereocenters. The molecular weight excluding hydrogens is 498 g/mol.